The van der Waals surface area contributed by atoms with Crippen LogP contribution in [0.25, 0.3) is 0 Å². The Morgan fingerprint density at radius 1 is 1.10 bits per heavy atom. The second-order valence-corrected chi connectivity index (χ2v) is 4.07. The Labute approximate surface area is 120 Å². The van der Waals surface area contributed by atoms with Crippen LogP contribution in [0, 0.1) is 17.7 Å². The molecule has 2 rings (SSSR count). The Balaban J connectivity index is 2.10. The Bertz CT molecular complexity index is 745. The highest BCUT2D eigenvalue weighted by molar-refractivity contribution is 6.04. The van der Waals surface area contributed by atoms with E-state index < -0.39 is 17.7 Å². The minimum atomic E-state index is -1.24. The van der Waals surface area contributed by atoms with Crippen molar-refractivity contribution in [1.29, 1.82) is 0 Å². The van der Waals surface area contributed by atoms with Gasteiger partial charge in [-0.25, -0.2) is 9.18 Å². The molecule has 2 aromatic rings. The van der Waals surface area contributed by atoms with E-state index in [9.17, 15) is 14.0 Å². The van der Waals surface area contributed by atoms with Crippen LogP contribution in [-0.4, -0.2) is 17.0 Å². The zero-order valence-electron chi connectivity index (χ0n) is 10.8. The number of hydrogen-bond donors (Lipinski definition) is 2. The van der Waals surface area contributed by atoms with Crippen molar-refractivity contribution in [3.8, 4) is 11.8 Å². The van der Waals surface area contributed by atoms with Crippen LogP contribution in [0.15, 0.2) is 48.5 Å². The van der Waals surface area contributed by atoms with Crippen molar-refractivity contribution in [2.45, 2.75) is 0 Å². The Kier molecular flexibility index (Phi) is 4.32. The summed E-state index contributed by atoms with van der Waals surface area (Å²) < 4.78 is 13.6. The molecule has 0 bridgehead atoms. The number of carbonyl (C=O) groups excluding carboxylic acids is 1. The van der Waals surface area contributed by atoms with E-state index in [-0.39, 0.29) is 11.3 Å². The molecule has 0 spiro atoms. The van der Waals surface area contributed by atoms with E-state index in [1.165, 1.54) is 12.1 Å². The maximum atomic E-state index is 13.6. The van der Waals surface area contributed by atoms with Gasteiger partial charge in [-0.1, -0.05) is 24.1 Å². The Morgan fingerprint density at radius 3 is 2.43 bits per heavy atom. The molecule has 0 unspecified atom stereocenters. The van der Waals surface area contributed by atoms with Gasteiger partial charge >= 0.3 is 11.9 Å². The second kappa shape index (κ2) is 6.35. The largest absolute Gasteiger partial charge is 0.478 e. The third-order valence-corrected chi connectivity index (χ3v) is 2.56. The minimum Gasteiger partial charge on any atom is -0.478 e. The summed E-state index contributed by atoms with van der Waals surface area (Å²) in [6, 6.07) is 12.1. The van der Waals surface area contributed by atoms with Gasteiger partial charge in [0.1, 0.15) is 5.82 Å². The summed E-state index contributed by atoms with van der Waals surface area (Å²) in [5.41, 5.74) is 0.350. The molecule has 0 saturated carbocycles. The summed E-state index contributed by atoms with van der Waals surface area (Å²) >= 11 is 0. The number of amides is 1. The maximum Gasteiger partial charge on any atom is 0.335 e. The molecule has 0 aromatic heterocycles. The number of halogens is 1. The summed E-state index contributed by atoms with van der Waals surface area (Å²) in [4.78, 5) is 22.3. The standard InChI is InChI=1S/C16H10FNO3/c17-13-10-12(16(20)21)7-8-14(13)18-15(19)9-6-11-4-2-1-3-5-11/h1-5,7-8,10H,(H,18,19)(H,20,21). The number of benzene rings is 2. The fourth-order valence-electron chi connectivity index (χ4n) is 1.55. The van der Waals surface area contributed by atoms with E-state index in [1.807, 2.05) is 6.07 Å². The van der Waals surface area contributed by atoms with E-state index >= 15 is 0 Å². The van der Waals surface area contributed by atoms with Crippen LogP contribution in [0.5, 0.6) is 0 Å². The summed E-state index contributed by atoms with van der Waals surface area (Å²) in [7, 11) is 0. The van der Waals surface area contributed by atoms with Gasteiger partial charge in [-0.3, -0.25) is 4.79 Å². The van der Waals surface area contributed by atoms with Gasteiger partial charge < -0.3 is 10.4 Å². The maximum absolute atomic E-state index is 13.6. The summed E-state index contributed by atoms with van der Waals surface area (Å²) in [5, 5.41) is 11.0. The van der Waals surface area contributed by atoms with Gasteiger partial charge in [0.2, 0.25) is 0 Å². The lowest BCUT2D eigenvalue weighted by atomic mass is 10.2. The SMILES string of the molecule is O=C(C#Cc1ccccc1)Nc1ccc(C(=O)O)cc1F. The molecule has 0 heterocycles. The Morgan fingerprint density at radius 2 is 1.81 bits per heavy atom. The highest BCUT2D eigenvalue weighted by Crippen LogP contribution is 2.15. The molecule has 0 atom stereocenters. The van der Waals surface area contributed by atoms with E-state index in [0.717, 1.165) is 6.07 Å². The molecule has 5 heteroatoms. The topological polar surface area (TPSA) is 66.4 Å². The molecule has 0 fully saturated rings. The first kappa shape index (κ1) is 14.3. The van der Waals surface area contributed by atoms with Crippen molar-refractivity contribution < 1.29 is 19.1 Å². The first-order chi connectivity index (χ1) is 10.1. The number of aromatic carboxylic acids is 1. The highest BCUT2D eigenvalue weighted by atomic mass is 19.1. The number of carboxylic acid groups (broad SMARTS) is 1. The summed E-state index contributed by atoms with van der Waals surface area (Å²) in [6.07, 6.45) is 0. The second-order valence-electron chi connectivity index (χ2n) is 4.07. The average molecular weight is 283 g/mol. The first-order valence-corrected chi connectivity index (χ1v) is 5.97. The monoisotopic (exact) mass is 283 g/mol. The number of carboxylic acids is 1. The highest BCUT2D eigenvalue weighted by Gasteiger charge is 2.09. The fraction of sp³-hybridized carbons (Fsp3) is 0. The third kappa shape index (κ3) is 3.91. The molecule has 2 N–H and O–H groups in total. The van der Waals surface area contributed by atoms with Gasteiger partial charge in [-0.15, -0.1) is 0 Å². The van der Waals surface area contributed by atoms with Crippen LogP contribution >= 0.6 is 0 Å². The van der Waals surface area contributed by atoms with Crippen LogP contribution in [0.2, 0.25) is 0 Å². The van der Waals surface area contributed by atoms with Crippen LogP contribution in [0.1, 0.15) is 15.9 Å². The first-order valence-electron chi connectivity index (χ1n) is 5.97. The summed E-state index contributed by atoms with van der Waals surface area (Å²) in [5.74, 6) is 2.22. The van der Waals surface area contributed by atoms with Crippen molar-refractivity contribution >= 4 is 17.6 Å². The zero-order chi connectivity index (χ0) is 15.2. The predicted molar refractivity (Wildman–Crippen MR) is 75.3 cm³/mol. The number of rotatable bonds is 2. The van der Waals surface area contributed by atoms with Crippen molar-refractivity contribution in [3.63, 3.8) is 0 Å². The van der Waals surface area contributed by atoms with Crippen molar-refractivity contribution in [1.82, 2.24) is 0 Å². The molecule has 104 valence electrons. The van der Waals surface area contributed by atoms with Crippen molar-refractivity contribution in [2.75, 3.05) is 5.32 Å². The average Bonchev–Trinajstić information content (AvgIpc) is 2.48. The molecule has 0 aliphatic carbocycles. The molecule has 1 amide bonds. The fourth-order valence-corrected chi connectivity index (χ4v) is 1.55. The van der Waals surface area contributed by atoms with Gasteiger partial charge in [0, 0.05) is 11.5 Å². The lowest BCUT2D eigenvalue weighted by Gasteiger charge is -2.03. The normalized spacial score (nSPS) is 9.38. The molecule has 0 radical (unpaired) electrons. The minimum absolute atomic E-state index is 0.118. The van der Waals surface area contributed by atoms with E-state index in [2.05, 4.69) is 17.2 Å². The lowest BCUT2D eigenvalue weighted by Crippen LogP contribution is -2.10. The molecule has 0 aliphatic rings. The van der Waals surface area contributed by atoms with Crippen molar-refractivity contribution in [3.05, 3.63) is 65.5 Å². The van der Waals surface area contributed by atoms with Gasteiger partial charge in [-0.2, -0.15) is 0 Å². The smallest absolute Gasteiger partial charge is 0.335 e. The predicted octanol–water partition coefficient (Wildman–Crippen LogP) is 2.51. The number of carbonyl (C=O) groups is 2. The van der Waals surface area contributed by atoms with Crippen molar-refractivity contribution in [2.24, 2.45) is 0 Å². The molecule has 0 aliphatic heterocycles. The number of anilines is 1. The van der Waals surface area contributed by atoms with E-state index in [4.69, 9.17) is 5.11 Å². The van der Waals surface area contributed by atoms with Crippen LogP contribution in [0.3, 0.4) is 0 Å². The van der Waals surface area contributed by atoms with Gasteiger partial charge in [0.15, 0.2) is 0 Å². The quantitative estimate of drug-likeness (QED) is 0.832. The number of nitrogens with one attached hydrogen (secondary N) is 1. The molecule has 0 saturated heterocycles. The molecular weight excluding hydrogens is 273 g/mol. The van der Waals surface area contributed by atoms with Gasteiger partial charge in [0.05, 0.1) is 11.3 Å². The van der Waals surface area contributed by atoms with E-state index in [1.54, 1.807) is 24.3 Å². The molecule has 4 nitrogen and oxygen atoms in total. The Hall–Kier alpha value is -3.13. The molecule has 2 aromatic carbocycles. The van der Waals surface area contributed by atoms with Crippen LogP contribution < -0.4 is 5.32 Å². The molecule has 21 heavy (non-hydrogen) atoms. The van der Waals surface area contributed by atoms with E-state index in [0.29, 0.717) is 5.56 Å². The van der Waals surface area contributed by atoms with Crippen LogP contribution in [0.4, 0.5) is 10.1 Å². The summed E-state index contributed by atoms with van der Waals surface area (Å²) in [6.45, 7) is 0. The van der Waals surface area contributed by atoms with Gasteiger partial charge in [-0.05, 0) is 30.3 Å². The molecular formula is C16H10FNO3. The van der Waals surface area contributed by atoms with Crippen LogP contribution in [-0.2, 0) is 4.79 Å². The number of hydrogen-bond acceptors (Lipinski definition) is 2. The third-order valence-electron chi connectivity index (χ3n) is 2.56. The van der Waals surface area contributed by atoms with Gasteiger partial charge in [0.25, 0.3) is 0 Å². The lowest BCUT2D eigenvalue weighted by molar-refractivity contribution is -0.111. The zero-order valence-corrected chi connectivity index (χ0v) is 10.8.